The molecule has 6 nitrogen and oxygen atoms in total. The van der Waals surface area contributed by atoms with Gasteiger partial charge in [0.1, 0.15) is 12.3 Å². The van der Waals surface area contributed by atoms with Crippen molar-refractivity contribution in [2.24, 2.45) is 5.10 Å². The lowest BCUT2D eigenvalue weighted by atomic mass is 10.1. The summed E-state index contributed by atoms with van der Waals surface area (Å²) >= 11 is 12.4. The number of benzene rings is 2. The first-order valence-electron chi connectivity index (χ1n) is 7.45. The number of nitro benzene ring substituents is 1. The zero-order chi connectivity index (χ0) is 18.1. The molecule has 0 saturated heterocycles. The van der Waals surface area contributed by atoms with Crippen LogP contribution in [0, 0.1) is 10.1 Å². The molecule has 0 saturated carbocycles. The van der Waals surface area contributed by atoms with E-state index in [1.807, 2.05) is 30.3 Å². The fourth-order valence-corrected chi connectivity index (χ4v) is 3.50. The minimum atomic E-state index is -0.558. The Morgan fingerprint density at radius 1 is 1.20 bits per heavy atom. The predicted octanol–water partition coefficient (Wildman–Crippen LogP) is 4.25. The molecule has 1 aliphatic heterocycles. The fourth-order valence-electron chi connectivity index (χ4n) is 2.70. The Hall–Kier alpha value is -2.44. The summed E-state index contributed by atoms with van der Waals surface area (Å²) in [6.45, 7) is 1.89. The number of halogens is 2. The van der Waals surface area contributed by atoms with Crippen LogP contribution in [0.15, 0.2) is 47.6 Å². The molecule has 3 rings (SSSR count). The van der Waals surface area contributed by atoms with E-state index in [9.17, 15) is 14.9 Å². The number of carbonyl (C=O) groups is 1. The number of hydrazone groups is 1. The highest BCUT2D eigenvalue weighted by Gasteiger charge is 2.31. The Morgan fingerprint density at radius 3 is 2.36 bits per heavy atom. The van der Waals surface area contributed by atoms with Crippen LogP contribution in [-0.4, -0.2) is 28.0 Å². The molecule has 8 heteroatoms. The van der Waals surface area contributed by atoms with E-state index in [-0.39, 0.29) is 28.1 Å². The van der Waals surface area contributed by atoms with E-state index in [0.717, 1.165) is 5.56 Å². The van der Waals surface area contributed by atoms with Crippen LogP contribution < -0.4 is 0 Å². The zero-order valence-electron chi connectivity index (χ0n) is 13.1. The number of nitrogens with zero attached hydrogens (tertiary/aromatic N) is 3. The summed E-state index contributed by atoms with van der Waals surface area (Å²) in [6.07, 6.45) is 0. The van der Waals surface area contributed by atoms with Gasteiger partial charge in [-0.05, 0) is 6.92 Å². The lowest BCUT2D eigenvalue weighted by Crippen LogP contribution is -2.23. The molecule has 0 N–H and O–H groups in total. The molecule has 128 valence electrons. The van der Waals surface area contributed by atoms with E-state index in [4.69, 9.17) is 23.2 Å². The van der Waals surface area contributed by atoms with Gasteiger partial charge in [0.2, 0.25) is 5.78 Å². The van der Waals surface area contributed by atoms with Gasteiger partial charge in [-0.15, -0.1) is 0 Å². The Labute approximate surface area is 153 Å². The number of hydrogen-bond donors (Lipinski definition) is 0. The minimum Gasteiger partial charge on any atom is -0.290 e. The van der Waals surface area contributed by atoms with Gasteiger partial charge < -0.3 is 0 Å². The maximum absolute atomic E-state index is 12.3. The Kier molecular flexibility index (Phi) is 4.74. The molecule has 1 aliphatic rings. The molecule has 0 aromatic heterocycles. The van der Waals surface area contributed by atoms with Crippen molar-refractivity contribution in [1.82, 2.24) is 5.01 Å². The van der Waals surface area contributed by atoms with Gasteiger partial charge in [-0.25, -0.2) is 0 Å². The lowest BCUT2D eigenvalue weighted by molar-refractivity contribution is -0.384. The Morgan fingerprint density at radius 2 is 1.80 bits per heavy atom. The van der Waals surface area contributed by atoms with Crippen LogP contribution in [-0.2, 0) is 4.79 Å². The molecule has 0 spiro atoms. The topological polar surface area (TPSA) is 75.8 Å². The number of Topliss-reactive ketones (excluding diaryl/α,β-unsaturated/α-hetero) is 1. The monoisotopic (exact) mass is 377 g/mol. The van der Waals surface area contributed by atoms with Crippen molar-refractivity contribution < 1.29 is 9.72 Å². The van der Waals surface area contributed by atoms with Gasteiger partial charge in [0, 0.05) is 23.3 Å². The van der Waals surface area contributed by atoms with Gasteiger partial charge in [0.25, 0.3) is 5.69 Å². The van der Waals surface area contributed by atoms with Gasteiger partial charge in [0.05, 0.1) is 21.0 Å². The number of non-ortho nitro benzene ring substituents is 1. The molecule has 2 aromatic rings. The van der Waals surface area contributed by atoms with E-state index < -0.39 is 11.0 Å². The number of carbonyl (C=O) groups excluding carboxylic acids is 1. The molecule has 1 unspecified atom stereocenters. The van der Waals surface area contributed by atoms with Crippen molar-refractivity contribution in [3.8, 4) is 0 Å². The van der Waals surface area contributed by atoms with Crippen molar-refractivity contribution in [3.05, 3.63) is 73.8 Å². The van der Waals surface area contributed by atoms with Gasteiger partial charge in [0.15, 0.2) is 0 Å². The molecule has 0 amide bonds. The van der Waals surface area contributed by atoms with Gasteiger partial charge in [-0.2, -0.15) is 5.10 Å². The smallest absolute Gasteiger partial charge is 0.272 e. The molecule has 2 aromatic carbocycles. The molecular formula is C17H13Cl2N3O3. The van der Waals surface area contributed by atoms with Crippen LogP contribution in [0.5, 0.6) is 0 Å². The van der Waals surface area contributed by atoms with Crippen LogP contribution in [0.3, 0.4) is 0 Å². The summed E-state index contributed by atoms with van der Waals surface area (Å²) in [5.41, 5.74) is 1.43. The summed E-state index contributed by atoms with van der Waals surface area (Å²) in [5, 5.41) is 17.2. The van der Waals surface area contributed by atoms with E-state index >= 15 is 0 Å². The highest BCUT2D eigenvalue weighted by Crippen LogP contribution is 2.37. The fraction of sp³-hybridized carbons (Fsp3) is 0.176. The third-order valence-corrected chi connectivity index (χ3v) is 4.61. The number of nitro groups is 1. The van der Waals surface area contributed by atoms with E-state index in [1.54, 1.807) is 11.9 Å². The van der Waals surface area contributed by atoms with Gasteiger partial charge in [-0.3, -0.25) is 19.9 Å². The van der Waals surface area contributed by atoms with Crippen LogP contribution in [0.2, 0.25) is 10.0 Å². The SMILES string of the molecule is CC(c1c(Cl)cc([N+](=O)[O-])cc1Cl)N1CC(=O)C(c2ccccc2)=N1. The van der Waals surface area contributed by atoms with Crippen molar-refractivity contribution >= 4 is 40.4 Å². The summed E-state index contributed by atoms with van der Waals surface area (Å²) < 4.78 is 0. The number of ketones is 1. The van der Waals surface area contributed by atoms with Crippen LogP contribution >= 0.6 is 23.2 Å². The molecule has 1 atom stereocenters. The molecule has 25 heavy (non-hydrogen) atoms. The normalized spacial score (nSPS) is 15.2. The van der Waals surface area contributed by atoms with Crippen molar-refractivity contribution in [2.75, 3.05) is 6.54 Å². The third-order valence-electron chi connectivity index (χ3n) is 3.98. The van der Waals surface area contributed by atoms with E-state index in [2.05, 4.69) is 5.10 Å². The average Bonchev–Trinajstić information content (AvgIpc) is 2.96. The molecule has 0 bridgehead atoms. The third kappa shape index (κ3) is 3.36. The number of hydrogen-bond acceptors (Lipinski definition) is 5. The highest BCUT2D eigenvalue weighted by atomic mass is 35.5. The maximum Gasteiger partial charge on any atom is 0.272 e. The maximum atomic E-state index is 12.3. The van der Waals surface area contributed by atoms with Crippen LogP contribution in [0.4, 0.5) is 5.69 Å². The summed E-state index contributed by atoms with van der Waals surface area (Å²) in [4.78, 5) is 22.6. The summed E-state index contributed by atoms with van der Waals surface area (Å²) in [6, 6.07) is 11.2. The first-order chi connectivity index (χ1) is 11.9. The average molecular weight is 378 g/mol. The molecule has 0 radical (unpaired) electrons. The van der Waals surface area contributed by atoms with Gasteiger partial charge in [-0.1, -0.05) is 53.5 Å². The predicted molar refractivity (Wildman–Crippen MR) is 96.2 cm³/mol. The van der Waals surface area contributed by atoms with E-state index in [0.29, 0.717) is 11.3 Å². The van der Waals surface area contributed by atoms with Crippen LogP contribution in [0.25, 0.3) is 0 Å². The van der Waals surface area contributed by atoms with E-state index in [1.165, 1.54) is 12.1 Å². The van der Waals surface area contributed by atoms with Gasteiger partial charge >= 0.3 is 0 Å². The lowest BCUT2D eigenvalue weighted by Gasteiger charge is -2.23. The second-order valence-electron chi connectivity index (χ2n) is 5.59. The second-order valence-corrected chi connectivity index (χ2v) is 6.41. The summed E-state index contributed by atoms with van der Waals surface area (Å²) in [7, 11) is 0. The van der Waals surface area contributed by atoms with Crippen LogP contribution in [0.1, 0.15) is 24.1 Å². The largest absolute Gasteiger partial charge is 0.290 e. The number of rotatable bonds is 4. The molecular weight excluding hydrogens is 365 g/mol. The second kappa shape index (κ2) is 6.82. The minimum absolute atomic E-state index is 0.0923. The molecule has 1 heterocycles. The summed E-state index contributed by atoms with van der Waals surface area (Å²) in [5.74, 6) is -0.104. The highest BCUT2D eigenvalue weighted by molar-refractivity contribution is 6.47. The molecule has 0 aliphatic carbocycles. The van der Waals surface area contributed by atoms with Crippen molar-refractivity contribution in [1.29, 1.82) is 0 Å². The Bertz CT molecular complexity index is 861. The first kappa shape index (κ1) is 17.4. The Balaban J connectivity index is 1.95. The van der Waals surface area contributed by atoms with Crippen molar-refractivity contribution in [3.63, 3.8) is 0 Å². The standard InChI is InChI=1S/C17H13Cl2N3O3/c1-10(16-13(18)7-12(22(24)25)8-14(16)19)21-9-15(23)17(20-21)11-5-3-2-4-6-11/h2-8,10H,9H2,1H3. The zero-order valence-corrected chi connectivity index (χ0v) is 14.7. The molecule has 0 fully saturated rings. The first-order valence-corrected chi connectivity index (χ1v) is 8.21. The quantitative estimate of drug-likeness (QED) is 0.589. The van der Waals surface area contributed by atoms with Crippen molar-refractivity contribution in [2.45, 2.75) is 13.0 Å².